The second kappa shape index (κ2) is 7.11. The molecule has 0 bridgehead atoms. The van der Waals surface area contributed by atoms with Crippen LogP contribution in [0.5, 0.6) is 0 Å². The zero-order valence-electron chi connectivity index (χ0n) is 16.0. The van der Waals surface area contributed by atoms with Gasteiger partial charge in [-0.1, -0.05) is 34.1 Å². The average molecular weight is 381 g/mol. The van der Waals surface area contributed by atoms with Crippen LogP contribution in [-0.4, -0.2) is 64.2 Å². The van der Waals surface area contributed by atoms with Crippen LogP contribution < -0.4 is 4.90 Å². The summed E-state index contributed by atoms with van der Waals surface area (Å²) in [5, 5.41) is 4.64. The standard InChI is InChI=1S/C17H28N6O2S/c1-5-6-13-26(24,25)22-11-9-21(10-12-22)16-19-15-18-8-7-14(17(2,3)4)23(15)20-16/h7-8H,5-6,9-13H2,1-4H3. The van der Waals surface area contributed by atoms with E-state index in [1.54, 1.807) is 15.0 Å². The maximum absolute atomic E-state index is 12.3. The minimum absolute atomic E-state index is 0.0712. The summed E-state index contributed by atoms with van der Waals surface area (Å²) in [4.78, 5) is 10.9. The Kier molecular flexibility index (Phi) is 5.21. The molecule has 9 heteroatoms. The third kappa shape index (κ3) is 3.83. The molecule has 1 aliphatic rings. The van der Waals surface area contributed by atoms with E-state index in [0.717, 1.165) is 12.1 Å². The molecule has 0 radical (unpaired) electrons. The van der Waals surface area contributed by atoms with Gasteiger partial charge in [0, 0.05) is 37.8 Å². The minimum Gasteiger partial charge on any atom is -0.337 e. The van der Waals surface area contributed by atoms with Crippen LogP contribution in [-0.2, 0) is 15.4 Å². The Balaban J connectivity index is 1.76. The van der Waals surface area contributed by atoms with Crippen molar-refractivity contribution < 1.29 is 8.42 Å². The summed E-state index contributed by atoms with van der Waals surface area (Å²) in [6.45, 7) is 10.5. The number of unbranched alkanes of at least 4 members (excludes halogenated alkanes) is 1. The van der Waals surface area contributed by atoms with Gasteiger partial charge in [0.25, 0.3) is 5.78 Å². The van der Waals surface area contributed by atoms with Crippen LogP contribution in [0, 0.1) is 0 Å². The Morgan fingerprint density at radius 1 is 1.15 bits per heavy atom. The number of nitrogens with zero attached hydrogens (tertiary/aromatic N) is 6. The van der Waals surface area contributed by atoms with E-state index in [2.05, 4.69) is 35.8 Å². The highest BCUT2D eigenvalue weighted by atomic mass is 32.2. The van der Waals surface area contributed by atoms with Crippen molar-refractivity contribution in [3.8, 4) is 0 Å². The molecule has 26 heavy (non-hydrogen) atoms. The zero-order valence-corrected chi connectivity index (χ0v) is 16.8. The van der Waals surface area contributed by atoms with Crippen molar-refractivity contribution >= 4 is 21.7 Å². The summed E-state index contributed by atoms with van der Waals surface area (Å²) in [6.07, 6.45) is 3.35. The minimum atomic E-state index is -3.15. The molecule has 3 heterocycles. The molecule has 2 aromatic heterocycles. The van der Waals surface area contributed by atoms with Crippen LogP contribution >= 0.6 is 0 Å². The molecule has 1 aliphatic heterocycles. The molecule has 0 unspecified atom stereocenters. The van der Waals surface area contributed by atoms with Crippen LogP contribution in [0.3, 0.4) is 0 Å². The summed E-state index contributed by atoms with van der Waals surface area (Å²) in [5.74, 6) is 1.42. The SMILES string of the molecule is CCCCS(=O)(=O)N1CCN(c2nc3nccc(C(C)(C)C)n3n2)CC1. The Labute approximate surface area is 155 Å². The van der Waals surface area contributed by atoms with Crippen LogP contribution in [0.2, 0.25) is 0 Å². The number of hydrogen-bond acceptors (Lipinski definition) is 6. The molecule has 0 spiro atoms. The van der Waals surface area contributed by atoms with Gasteiger partial charge in [-0.05, 0) is 12.5 Å². The van der Waals surface area contributed by atoms with Crippen molar-refractivity contribution in [1.82, 2.24) is 23.9 Å². The molecule has 0 aliphatic carbocycles. The first-order valence-corrected chi connectivity index (χ1v) is 10.8. The molecule has 1 saturated heterocycles. The Bertz CT molecular complexity index is 863. The van der Waals surface area contributed by atoms with Crippen molar-refractivity contribution in [3.05, 3.63) is 18.0 Å². The average Bonchev–Trinajstić information content (AvgIpc) is 3.03. The first-order chi connectivity index (χ1) is 12.2. The van der Waals surface area contributed by atoms with E-state index in [-0.39, 0.29) is 11.2 Å². The van der Waals surface area contributed by atoms with Crippen LogP contribution in [0.15, 0.2) is 12.3 Å². The number of anilines is 1. The topological polar surface area (TPSA) is 83.7 Å². The van der Waals surface area contributed by atoms with E-state index in [1.165, 1.54) is 0 Å². The number of fused-ring (bicyclic) bond motifs is 1. The molecular weight excluding hydrogens is 352 g/mol. The molecule has 0 atom stereocenters. The number of aromatic nitrogens is 4. The molecule has 0 N–H and O–H groups in total. The van der Waals surface area contributed by atoms with Crippen molar-refractivity contribution in [2.75, 3.05) is 36.8 Å². The highest BCUT2D eigenvalue weighted by Gasteiger charge is 2.28. The molecule has 0 amide bonds. The Hall–Kier alpha value is -1.74. The maximum Gasteiger partial charge on any atom is 0.254 e. The molecule has 0 aromatic carbocycles. The second-order valence-corrected chi connectivity index (χ2v) is 9.85. The first kappa shape index (κ1) is 19.0. The van der Waals surface area contributed by atoms with Gasteiger partial charge in [-0.3, -0.25) is 0 Å². The summed E-state index contributed by atoms with van der Waals surface area (Å²) < 4.78 is 28.1. The summed E-state index contributed by atoms with van der Waals surface area (Å²) in [6, 6.07) is 1.96. The fourth-order valence-electron chi connectivity index (χ4n) is 3.11. The quantitative estimate of drug-likeness (QED) is 0.785. The zero-order chi connectivity index (χ0) is 18.9. The highest BCUT2D eigenvalue weighted by molar-refractivity contribution is 7.89. The predicted octanol–water partition coefficient (Wildman–Crippen LogP) is 1.67. The van der Waals surface area contributed by atoms with Crippen molar-refractivity contribution in [2.45, 2.75) is 46.0 Å². The fourth-order valence-corrected chi connectivity index (χ4v) is 4.74. The summed E-state index contributed by atoms with van der Waals surface area (Å²) >= 11 is 0. The smallest absolute Gasteiger partial charge is 0.254 e. The lowest BCUT2D eigenvalue weighted by molar-refractivity contribution is 0.382. The number of hydrogen-bond donors (Lipinski definition) is 0. The fraction of sp³-hybridized carbons (Fsp3) is 0.706. The summed E-state index contributed by atoms with van der Waals surface area (Å²) in [5.41, 5.74) is 0.972. The highest BCUT2D eigenvalue weighted by Crippen LogP contribution is 2.23. The maximum atomic E-state index is 12.3. The van der Waals surface area contributed by atoms with E-state index >= 15 is 0 Å². The lowest BCUT2D eigenvalue weighted by Gasteiger charge is -2.33. The van der Waals surface area contributed by atoms with E-state index in [0.29, 0.717) is 44.3 Å². The van der Waals surface area contributed by atoms with Gasteiger partial charge in [0.2, 0.25) is 16.0 Å². The number of rotatable bonds is 5. The van der Waals surface area contributed by atoms with Crippen LogP contribution in [0.4, 0.5) is 5.95 Å². The second-order valence-electron chi connectivity index (χ2n) is 7.76. The predicted molar refractivity (Wildman–Crippen MR) is 102 cm³/mol. The van der Waals surface area contributed by atoms with E-state index in [1.807, 2.05) is 17.9 Å². The van der Waals surface area contributed by atoms with Gasteiger partial charge in [0.05, 0.1) is 11.4 Å². The van der Waals surface area contributed by atoms with Crippen molar-refractivity contribution in [1.29, 1.82) is 0 Å². The van der Waals surface area contributed by atoms with Gasteiger partial charge in [0.1, 0.15) is 0 Å². The number of piperazine rings is 1. The van der Waals surface area contributed by atoms with Gasteiger partial charge in [0.15, 0.2) is 0 Å². The Morgan fingerprint density at radius 2 is 1.85 bits per heavy atom. The third-order valence-electron chi connectivity index (χ3n) is 4.67. The Morgan fingerprint density at radius 3 is 2.46 bits per heavy atom. The molecule has 3 rings (SSSR count). The third-order valence-corrected chi connectivity index (χ3v) is 6.63. The van der Waals surface area contributed by atoms with Gasteiger partial charge in [-0.2, -0.15) is 13.8 Å². The molecule has 1 fully saturated rings. The van der Waals surface area contributed by atoms with Gasteiger partial charge < -0.3 is 4.90 Å². The normalized spacial score (nSPS) is 17.2. The first-order valence-electron chi connectivity index (χ1n) is 9.17. The van der Waals surface area contributed by atoms with Gasteiger partial charge >= 0.3 is 0 Å². The van der Waals surface area contributed by atoms with Crippen LogP contribution in [0.25, 0.3) is 5.78 Å². The lowest BCUT2D eigenvalue weighted by Crippen LogP contribution is -2.49. The molecule has 0 saturated carbocycles. The van der Waals surface area contributed by atoms with Crippen LogP contribution in [0.1, 0.15) is 46.2 Å². The van der Waals surface area contributed by atoms with E-state index in [9.17, 15) is 8.42 Å². The van der Waals surface area contributed by atoms with Crippen molar-refractivity contribution in [3.63, 3.8) is 0 Å². The largest absolute Gasteiger partial charge is 0.337 e. The van der Waals surface area contributed by atoms with E-state index in [4.69, 9.17) is 0 Å². The molecule has 144 valence electrons. The monoisotopic (exact) mass is 380 g/mol. The summed E-state index contributed by atoms with van der Waals surface area (Å²) in [7, 11) is -3.15. The van der Waals surface area contributed by atoms with Gasteiger partial charge in [-0.15, -0.1) is 5.10 Å². The molecule has 8 nitrogen and oxygen atoms in total. The molecule has 2 aromatic rings. The van der Waals surface area contributed by atoms with Crippen molar-refractivity contribution in [2.24, 2.45) is 0 Å². The van der Waals surface area contributed by atoms with E-state index < -0.39 is 10.0 Å². The van der Waals surface area contributed by atoms with Gasteiger partial charge in [-0.25, -0.2) is 13.4 Å². The number of sulfonamides is 1. The molecular formula is C17H28N6O2S. The lowest BCUT2D eigenvalue weighted by atomic mass is 9.92.